The van der Waals surface area contributed by atoms with Crippen LogP contribution in [-0.4, -0.2) is 47.5 Å². The Morgan fingerprint density at radius 1 is 1.26 bits per heavy atom. The van der Waals surface area contributed by atoms with E-state index >= 15 is 0 Å². The van der Waals surface area contributed by atoms with E-state index < -0.39 is 0 Å². The molecule has 4 aliphatic rings. The molecule has 148 valence electrons. The molecule has 1 aromatic rings. The Bertz CT molecular complexity index is 682. The predicted molar refractivity (Wildman–Crippen MR) is 105 cm³/mol. The van der Waals surface area contributed by atoms with Gasteiger partial charge in [-0.3, -0.25) is 14.5 Å². The normalized spacial score (nSPS) is 31.3. The molecule has 0 aromatic carbocycles. The molecule has 0 atom stereocenters. The minimum atomic E-state index is -0.290. The standard InChI is InChI=1S/C20H29N3O3S/c1-3-26-18(25)7-16-12-27-19(21-16)22-17(24)11-23(2)20-8-13-4-14(9-20)6-15(5-13)10-20/h12-15H,3-11H2,1-2H3,(H,21,22,24). The van der Waals surface area contributed by atoms with Gasteiger partial charge in [0.05, 0.1) is 25.3 Å². The van der Waals surface area contributed by atoms with E-state index in [1.165, 1.54) is 49.9 Å². The zero-order valence-corrected chi connectivity index (χ0v) is 17.0. The number of ether oxygens (including phenoxy) is 1. The highest BCUT2D eigenvalue weighted by molar-refractivity contribution is 7.13. The summed E-state index contributed by atoms with van der Waals surface area (Å²) < 4.78 is 4.94. The van der Waals surface area contributed by atoms with Crippen molar-refractivity contribution in [3.8, 4) is 0 Å². The maximum absolute atomic E-state index is 12.6. The molecule has 5 rings (SSSR count). The van der Waals surface area contributed by atoms with Crippen molar-refractivity contribution < 1.29 is 14.3 Å². The van der Waals surface area contributed by atoms with Crippen LogP contribution in [-0.2, 0) is 20.7 Å². The number of esters is 1. The molecule has 0 aliphatic heterocycles. The summed E-state index contributed by atoms with van der Waals surface area (Å²) in [4.78, 5) is 30.8. The molecule has 1 amide bonds. The number of amides is 1. The zero-order valence-electron chi connectivity index (χ0n) is 16.2. The second kappa shape index (κ2) is 7.51. The van der Waals surface area contributed by atoms with Crippen molar-refractivity contribution in [2.24, 2.45) is 17.8 Å². The van der Waals surface area contributed by atoms with E-state index in [-0.39, 0.29) is 23.8 Å². The van der Waals surface area contributed by atoms with Gasteiger partial charge in [-0.15, -0.1) is 11.3 Å². The maximum atomic E-state index is 12.6. The van der Waals surface area contributed by atoms with Crippen molar-refractivity contribution in [3.63, 3.8) is 0 Å². The van der Waals surface area contributed by atoms with Crippen molar-refractivity contribution in [1.29, 1.82) is 0 Å². The Labute approximate surface area is 164 Å². The maximum Gasteiger partial charge on any atom is 0.311 e. The van der Waals surface area contributed by atoms with Gasteiger partial charge in [-0.2, -0.15) is 0 Å². The van der Waals surface area contributed by atoms with Gasteiger partial charge in [-0.25, -0.2) is 4.98 Å². The highest BCUT2D eigenvalue weighted by Gasteiger charge is 2.52. The van der Waals surface area contributed by atoms with Crippen LogP contribution in [0.25, 0.3) is 0 Å². The van der Waals surface area contributed by atoms with Gasteiger partial charge in [-0.1, -0.05) is 0 Å². The number of nitrogens with one attached hydrogen (secondary N) is 1. The van der Waals surface area contributed by atoms with Gasteiger partial charge in [0.25, 0.3) is 0 Å². The molecule has 7 heteroatoms. The van der Waals surface area contributed by atoms with Gasteiger partial charge in [0.2, 0.25) is 5.91 Å². The van der Waals surface area contributed by atoms with Gasteiger partial charge in [0, 0.05) is 10.9 Å². The first-order valence-electron chi connectivity index (χ1n) is 10.1. The number of nitrogens with zero attached hydrogens (tertiary/aromatic N) is 2. The van der Waals surface area contributed by atoms with Crippen LogP contribution in [0, 0.1) is 17.8 Å². The molecule has 0 unspecified atom stereocenters. The molecule has 27 heavy (non-hydrogen) atoms. The first-order chi connectivity index (χ1) is 13.0. The van der Waals surface area contributed by atoms with Gasteiger partial charge in [0.15, 0.2) is 5.13 Å². The third-order valence-corrected chi connectivity index (χ3v) is 7.43. The van der Waals surface area contributed by atoms with Crippen molar-refractivity contribution in [3.05, 3.63) is 11.1 Å². The van der Waals surface area contributed by atoms with Gasteiger partial charge >= 0.3 is 5.97 Å². The summed E-state index contributed by atoms with van der Waals surface area (Å²) >= 11 is 1.36. The molecule has 1 heterocycles. The second-order valence-electron chi connectivity index (χ2n) is 8.67. The van der Waals surface area contributed by atoms with Crippen LogP contribution >= 0.6 is 11.3 Å². The summed E-state index contributed by atoms with van der Waals surface area (Å²) in [6, 6.07) is 0. The van der Waals surface area contributed by atoms with E-state index in [1.807, 2.05) is 0 Å². The summed E-state index contributed by atoms with van der Waals surface area (Å²) in [5.41, 5.74) is 0.868. The Kier molecular flexibility index (Phi) is 5.25. The number of hydrogen-bond donors (Lipinski definition) is 1. The first kappa shape index (κ1) is 18.9. The highest BCUT2D eigenvalue weighted by atomic mass is 32.1. The lowest BCUT2D eigenvalue weighted by molar-refractivity contribution is -0.142. The van der Waals surface area contributed by atoms with Crippen molar-refractivity contribution in [2.75, 3.05) is 25.5 Å². The second-order valence-corrected chi connectivity index (χ2v) is 9.53. The molecule has 6 nitrogen and oxygen atoms in total. The monoisotopic (exact) mass is 391 g/mol. The summed E-state index contributed by atoms with van der Waals surface area (Å²) in [5.74, 6) is 2.29. The topological polar surface area (TPSA) is 71.5 Å². The molecule has 1 aromatic heterocycles. The third-order valence-electron chi connectivity index (χ3n) is 6.63. The number of aromatic nitrogens is 1. The largest absolute Gasteiger partial charge is 0.466 e. The average molecular weight is 392 g/mol. The Hall–Kier alpha value is -1.47. The molecule has 4 saturated carbocycles. The van der Waals surface area contributed by atoms with Crippen LogP contribution < -0.4 is 5.32 Å². The van der Waals surface area contributed by atoms with Crippen LogP contribution in [0.1, 0.15) is 51.1 Å². The molecule has 1 N–H and O–H groups in total. The molecule has 4 aliphatic carbocycles. The molecular weight excluding hydrogens is 362 g/mol. The van der Waals surface area contributed by atoms with E-state index in [0.29, 0.717) is 24.0 Å². The van der Waals surface area contributed by atoms with Crippen LogP contribution in [0.4, 0.5) is 5.13 Å². The minimum Gasteiger partial charge on any atom is -0.466 e. The molecule has 4 bridgehead atoms. The van der Waals surface area contributed by atoms with Gasteiger partial charge in [-0.05, 0) is 70.3 Å². The van der Waals surface area contributed by atoms with Crippen LogP contribution in [0.5, 0.6) is 0 Å². The van der Waals surface area contributed by atoms with Crippen molar-refractivity contribution in [1.82, 2.24) is 9.88 Å². The average Bonchev–Trinajstić information content (AvgIpc) is 3.00. The van der Waals surface area contributed by atoms with Crippen molar-refractivity contribution in [2.45, 2.75) is 57.4 Å². The first-order valence-corrected chi connectivity index (χ1v) is 10.9. The number of thiazole rings is 1. The minimum absolute atomic E-state index is 0.0229. The molecule has 0 spiro atoms. The summed E-state index contributed by atoms with van der Waals surface area (Å²) in [7, 11) is 2.11. The molecule has 0 saturated heterocycles. The Morgan fingerprint density at radius 3 is 2.48 bits per heavy atom. The van der Waals surface area contributed by atoms with Crippen LogP contribution in [0.2, 0.25) is 0 Å². The fourth-order valence-electron chi connectivity index (χ4n) is 5.88. The smallest absolute Gasteiger partial charge is 0.311 e. The van der Waals surface area contributed by atoms with E-state index in [1.54, 1.807) is 12.3 Å². The fraction of sp³-hybridized carbons (Fsp3) is 0.750. The van der Waals surface area contributed by atoms with Crippen LogP contribution in [0.3, 0.4) is 0 Å². The summed E-state index contributed by atoms with van der Waals surface area (Å²) in [6.45, 7) is 2.55. The predicted octanol–water partition coefficient (Wildman–Crippen LogP) is 3.09. The SMILES string of the molecule is CCOC(=O)Cc1csc(NC(=O)CN(C)C23CC4CC(CC(C4)C2)C3)n1. The Morgan fingerprint density at radius 2 is 1.89 bits per heavy atom. The summed E-state index contributed by atoms with van der Waals surface area (Å²) in [5, 5.41) is 5.26. The molecule has 4 fully saturated rings. The number of likely N-dealkylation sites (N-methyl/N-ethyl adjacent to an activating group) is 1. The number of rotatable bonds is 7. The number of hydrogen-bond acceptors (Lipinski definition) is 6. The van der Waals surface area contributed by atoms with Gasteiger partial charge < -0.3 is 10.1 Å². The van der Waals surface area contributed by atoms with Gasteiger partial charge in [0.1, 0.15) is 0 Å². The number of anilines is 1. The lowest BCUT2D eigenvalue weighted by atomic mass is 9.52. The Balaban J connectivity index is 1.32. The van der Waals surface area contributed by atoms with Crippen LogP contribution in [0.15, 0.2) is 5.38 Å². The quantitative estimate of drug-likeness (QED) is 0.723. The van der Waals surface area contributed by atoms with E-state index in [2.05, 4.69) is 22.2 Å². The fourth-order valence-corrected chi connectivity index (χ4v) is 6.61. The molecule has 0 radical (unpaired) electrons. The zero-order chi connectivity index (χ0) is 19.0. The summed E-state index contributed by atoms with van der Waals surface area (Å²) in [6.07, 6.45) is 8.12. The number of carbonyl (C=O) groups is 2. The highest BCUT2D eigenvalue weighted by Crippen LogP contribution is 2.57. The van der Waals surface area contributed by atoms with Crippen molar-refractivity contribution >= 4 is 28.3 Å². The van der Waals surface area contributed by atoms with E-state index in [4.69, 9.17) is 4.74 Å². The van der Waals surface area contributed by atoms with E-state index in [0.717, 1.165) is 17.8 Å². The lowest BCUT2D eigenvalue weighted by Gasteiger charge is -2.59. The third kappa shape index (κ3) is 4.04. The number of carbonyl (C=O) groups excluding carboxylic acids is 2. The lowest BCUT2D eigenvalue weighted by Crippen LogP contribution is -2.59. The van der Waals surface area contributed by atoms with E-state index in [9.17, 15) is 9.59 Å². The molecular formula is C20H29N3O3S.